The number of ether oxygens (including phenoxy) is 1. The van der Waals surface area contributed by atoms with Crippen molar-refractivity contribution in [3.63, 3.8) is 0 Å². The first-order chi connectivity index (χ1) is 9.81. The van der Waals surface area contributed by atoms with Crippen molar-refractivity contribution in [3.05, 3.63) is 65.5 Å². The first-order valence-corrected chi connectivity index (χ1v) is 7.00. The minimum absolute atomic E-state index is 0.224. The second-order valence-corrected chi connectivity index (χ2v) is 5.18. The third-order valence-electron chi connectivity index (χ3n) is 3.45. The molecule has 0 bridgehead atoms. The molecule has 0 heterocycles. The van der Waals surface area contributed by atoms with Gasteiger partial charge in [-0.1, -0.05) is 30.3 Å². The van der Waals surface area contributed by atoms with Gasteiger partial charge in [0.2, 0.25) is 0 Å². The van der Waals surface area contributed by atoms with Crippen LogP contribution in [0, 0.1) is 5.82 Å². The van der Waals surface area contributed by atoms with Crippen molar-refractivity contribution in [1.29, 1.82) is 0 Å². The zero-order valence-electron chi connectivity index (χ0n) is 11.3. The molecule has 0 saturated heterocycles. The maximum absolute atomic E-state index is 13.5. The molecule has 1 aliphatic carbocycles. The Kier molecular flexibility index (Phi) is 3.97. The summed E-state index contributed by atoms with van der Waals surface area (Å²) in [6, 6.07) is 15.4. The predicted octanol–water partition coefficient (Wildman–Crippen LogP) is 3.66. The fourth-order valence-electron chi connectivity index (χ4n) is 2.03. The quantitative estimate of drug-likeness (QED) is 0.865. The predicted molar refractivity (Wildman–Crippen MR) is 77.0 cm³/mol. The summed E-state index contributed by atoms with van der Waals surface area (Å²) in [7, 11) is 0. The van der Waals surface area contributed by atoms with Crippen LogP contribution in [-0.4, -0.2) is 6.04 Å². The molecule has 0 amide bonds. The average Bonchev–Trinajstić information content (AvgIpc) is 3.30. The van der Waals surface area contributed by atoms with E-state index in [1.54, 1.807) is 12.1 Å². The van der Waals surface area contributed by atoms with Crippen LogP contribution >= 0.6 is 0 Å². The lowest BCUT2D eigenvalue weighted by Gasteiger charge is -2.08. The number of rotatable bonds is 6. The summed E-state index contributed by atoms with van der Waals surface area (Å²) in [5, 5.41) is 3.47. The highest BCUT2D eigenvalue weighted by molar-refractivity contribution is 5.28. The molecule has 20 heavy (non-hydrogen) atoms. The van der Waals surface area contributed by atoms with Crippen LogP contribution in [0.2, 0.25) is 0 Å². The number of hydrogen-bond donors (Lipinski definition) is 1. The lowest BCUT2D eigenvalue weighted by molar-refractivity contribution is 0.300. The second-order valence-electron chi connectivity index (χ2n) is 5.18. The number of benzene rings is 2. The SMILES string of the molecule is Fc1ccccc1COc1ccc(CNC2CC2)cc1. The fraction of sp³-hybridized carbons (Fsp3) is 0.294. The van der Waals surface area contributed by atoms with Gasteiger partial charge in [-0.15, -0.1) is 0 Å². The van der Waals surface area contributed by atoms with E-state index in [4.69, 9.17) is 4.74 Å². The summed E-state index contributed by atoms with van der Waals surface area (Å²) in [4.78, 5) is 0. The number of hydrogen-bond acceptors (Lipinski definition) is 2. The first-order valence-electron chi connectivity index (χ1n) is 7.00. The lowest BCUT2D eigenvalue weighted by atomic mass is 10.2. The van der Waals surface area contributed by atoms with Crippen molar-refractivity contribution in [2.45, 2.75) is 32.0 Å². The molecule has 0 spiro atoms. The third-order valence-corrected chi connectivity index (χ3v) is 3.45. The molecular weight excluding hydrogens is 253 g/mol. The Morgan fingerprint density at radius 1 is 1.05 bits per heavy atom. The van der Waals surface area contributed by atoms with Crippen molar-refractivity contribution < 1.29 is 9.13 Å². The van der Waals surface area contributed by atoms with E-state index < -0.39 is 0 Å². The van der Waals surface area contributed by atoms with Gasteiger partial charge in [0.15, 0.2) is 0 Å². The van der Waals surface area contributed by atoms with Gasteiger partial charge in [-0.25, -0.2) is 4.39 Å². The van der Waals surface area contributed by atoms with Crippen LogP contribution in [0.1, 0.15) is 24.0 Å². The molecule has 1 saturated carbocycles. The Bertz CT molecular complexity index is 563. The third kappa shape index (κ3) is 3.58. The highest BCUT2D eigenvalue weighted by Gasteiger charge is 2.19. The van der Waals surface area contributed by atoms with Crippen molar-refractivity contribution in [3.8, 4) is 5.75 Å². The Hall–Kier alpha value is -1.87. The Morgan fingerprint density at radius 2 is 1.80 bits per heavy atom. The zero-order chi connectivity index (χ0) is 13.8. The van der Waals surface area contributed by atoms with E-state index in [-0.39, 0.29) is 12.4 Å². The normalized spacial score (nSPS) is 14.2. The van der Waals surface area contributed by atoms with Crippen LogP contribution in [-0.2, 0) is 13.2 Å². The standard InChI is InChI=1S/C17H18FNO/c18-17-4-2-1-3-14(17)12-20-16-9-5-13(6-10-16)11-19-15-7-8-15/h1-6,9-10,15,19H,7-8,11-12H2. The largest absolute Gasteiger partial charge is 0.489 e. The fourth-order valence-corrected chi connectivity index (χ4v) is 2.03. The molecular formula is C17H18FNO. The molecule has 0 unspecified atom stereocenters. The van der Waals surface area contributed by atoms with Gasteiger partial charge in [-0.3, -0.25) is 0 Å². The van der Waals surface area contributed by atoms with E-state index in [9.17, 15) is 4.39 Å². The molecule has 0 radical (unpaired) electrons. The van der Waals surface area contributed by atoms with Crippen molar-refractivity contribution in [2.24, 2.45) is 0 Å². The van der Waals surface area contributed by atoms with Gasteiger partial charge >= 0.3 is 0 Å². The van der Waals surface area contributed by atoms with Gasteiger partial charge in [0.05, 0.1) is 0 Å². The van der Waals surface area contributed by atoms with E-state index in [2.05, 4.69) is 5.32 Å². The van der Waals surface area contributed by atoms with Crippen molar-refractivity contribution >= 4 is 0 Å². The summed E-state index contributed by atoms with van der Waals surface area (Å²) < 4.78 is 19.1. The molecule has 2 aromatic carbocycles. The first kappa shape index (κ1) is 13.1. The topological polar surface area (TPSA) is 21.3 Å². The molecule has 3 rings (SSSR count). The highest BCUT2D eigenvalue weighted by Crippen LogP contribution is 2.20. The minimum Gasteiger partial charge on any atom is -0.489 e. The van der Waals surface area contributed by atoms with Gasteiger partial charge in [-0.2, -0.15) is 0 Å². The van der Waals surface area contributed by atoms with E-state index in [0.717, 1.165) is 12.3 Å². The zero-order valence-corrected chi connectivity index (χ0v) is 11.3. The van der Waals surface area contributed by atoms with Gasteiger partial charge in [0.1, 0.15) is 18.2 Å². The molecule has 0 aromatic heterocycles. The van der Waals surface area contributed by atoms with E-state index in [0.29, 0.717) is 11.6 Å². The molecule has 3 heteroatoms. The Labute approximate surface area is 118 Å². The van der Waals surface area contributed by atoms with E-state index >= 15 is 0 Å². The summed E-state index contributed by atoms with van der Waals surface area (Å²) in [6.07, 6.45) is 2.59. The van der Waals surface area contributed by atoms with Gasteiger partial charge < -0.3 is 10.1 Å². The van der Waals surface area contributed by atoms with Gasteiger partial charge in [-0.05, 0) is 36.6 Å². The smallest absolute Gasteiger partial charge is 0.129 e. The summed E-state index contributed by atoms with van der Waals surface area (Å²) >= 11 is 0. The Balaban J connectivity index is 1.53. The molecule has 0 atom stereocenters. The molecule has 2 aromatic rings. The van der Waals surface area contributed by atoms with Crippen LogP contribution in [0.15, 0.2) is 48.5 Å². The number of nitrogens with one attached hydrogen (secondary N) is 1. The number of halogens is 1. The molecule has 2 nitrogen and oxygen atoms in total. The van der Waals surface area contributed by atoms with Crippen LogP contribution in [0.4, 0.5) is 4.39 Å². The second kappa shape index (κ2) is 6.06. The maximum atomic E-state index is 13.5. The van der Waals surface area contributed by atoms with Crippen molar-refractivity contribution in [2.75, 3.05) is 0 Å². The molecule has 0 aliphatic heterocycles. The highest BCUT2D eigenvalue weighted by atomic mass is 19.1. The monoisotopic (exact) mass is 271 g/mol. The molecule has 1 fully saturated rings. The summed E-state index contributed by atoms with van der Waals surface area (Å²) in [6.45, 7) is 1.16. The van der Waals surface area contributed by atoms with E-state index in [1.807, 2.05) is 30.3 Å². The minimum atomic E-state index is -0.224. The van der Waals surface area contributed by atoms with Crippen LogP contribution in [0.3, 0.4) is 0 Å². The van der Waals surface area contributed by atoms with Crippen LogP contribution in [0.5, 0.6) is 5.75 Å². The van der Waals surface area contributed by atoms with Gasteiger partial charge in [0, 0.05) is 18.2 Å². The summed E-state index contributed by atoms with van der Waals surface area (Å²) in [5.41, 5.74) is 1.82. The van der Waals surface area contributed by atoms with Crippen LogP contribution in [0.25, 0.3) is 0 Å². The van der Waals surface area contributed by atoms with Crippen molar-refractivity contribution in [1.82, 2.24) is 5.32 Å². The summed E-state index contributed by atoms with van der Waals surface area (Å²) in [5.74, 6) is 0.543. The maximum Gasteiger partial charge on any atom is 0.129 e. The van der Waals surface area contributed by atoms with E-state index in [1.165, 1.54) is 24.5 Å². The molecule has 104 valence electrons. The average molecular weight is 271 g/mol. The molecule has 1 N–H and O–H groups in total. The Morgan fingerprint density at radius 3 is 2.50 bits per heavy atom. The van der Waals surface area contributed by atoms with Gasteiger partial charge in [0.25, 0.3) is 0 Å². The van der Waals surface area contributed by atoms with Crippen LogP contribution < -0.4 is 10.1 Å². The lowest BCUT2D eigenvalue weighted by Crippen LogP contribution is -2.15. The molecule has 1 aliphatic rings.